The summed E-state index contributed by atoms with van der Waals surface area (Å²) in [5.74, 6) is 0.797. The van der Waals surface area contributed by atoms with E-state index in [1.807, 2.05) is 36.4 Å². The molecule has 0 aromatic heterocycles. The van der Waals surface area contributed by atoms with Gasteiger partial charge in [0.05, 0.1) is 12.8 Å². The van der Waals surface area contributed by atoms with Crippen molar-refractivity contribution in [1.82, 2.24) is 5.06 Å². The third kappa shape index (κ3) is 4.71. The van der Waals surface area contributed by atoms with Crippen LogP contribution in [-0.2, 0) is 9.68 Å². The standard InChI is InChI=1S/C21H22BrN3O4/c1-27-18-4-2-3-15(13-18)19-14-21(29-24-19)9-11-25(12-10-21)28-20(26)23-17-7-5-16(22)6-8-17/h2-8,13H,9-12,14H2,1H3,(H,23,26). The Morgan fingerprint density at radius 3 is 2.69 bits per heavy atom. The van der Waals surface area contributed by atoms with Crippen molar-refractivity contribution in [3.8, 4) is 5.75 Å². The van der Waals surface area contributed by atoms with Gasteiger partial charge in [0.15, 0.2) is 0 Å². The van der Waals surface area contributed by atoms with E-state index < -0.39 is 6.09 Å². The molecule has 4 rings (SSSR count). The first-order valence-corrected chi connectivity index (χ1v) is 10.2. The molecule has 0 bridgehead atoms. The van der Waals surface area contributed by atoms with E-state index in [0.717, 1.165) is 40.8 Å². The number of rotatable bonds is 4. The molecule has 1 saturated heterocycles. The molecule has 29 heavy (non-hydrogen) atoms. The second kappa shape index (κ2) is 8.42. The molecular formula is C21H22BrN3O4. The molecule has 0 radical (unpaired) electrons. The van der Waals surface area contributed by atoms with E-state index in [1.54, 1.807) is 24.3 Å². The highest BCUT2D eigenvalue weighted by molar-refractivity contribution is 9.10. The fourth-order valence-electron chi connectivity index (χ4n) is 3.52. The number of hydrogen-bond donors (Lipinski definition) is 1. The van der Waals surface area contributed by atoms with Crippen LogP contribution in [-0.4, -0.2) is 42.7 Å². The molecule has 2 aromatic rings. The number of halogens is 1. The number of nitrogens with one attached hydrogen (secondary N) is 1. The molecule has 7 nitrogen and oxygen atoms in total. The van der Waals surface area contributed by atoms with Gasteiger partial charge >= 0.3 is 6.09 Å². The van der Waals surface area contributed by atoms with Gasteiger partial charge in [-0.2, -0.15) is 0 Å². The second-order valence-electron chi connectivity index (χ2n) is 7.16. The summed E-state index contributed by atoms with van der Waals surface area (Å²) >= 11 is 3.37. The van der Waals surface area contributed by atoms with Crippen LogP contribution in [0.2, 0.25) is 0 Å². The lowest BCUT2D eigenvalue weighted by molar-refractivity contribution is -0.154. The van der Waals surface area contributed by atoms with Crippen molar-refractivity contribution >= 4 is 33.4 Å². The van der Waals surface area contributed by atoms with Gasteiger partial charge in [-0.1, -0.05) is 33.2 Å². The quantitative estimate of drug-likeness (QED) is 0.723. The molecular weight excluding hydrogens is 438 g/mol. The van der Waals surface area contributed by atoms with Crippen molar-refractivity contribution in [1.29, 1.82) is 0 Å². The number of hydrogen-bond acceptors (Lipinski definition) is 6. The maximum absolute atomic E-state index is 12.1. The molecule has 2 aliphatic rings. The van der Waals surface area contributed by atoms with E-state index in [0.29, 0.717) is 18.8 Å². The summed E-state index contributed by atoms with van der Waals surface area (Å²) in [7, 11) is 1.65. The van der Waals surface area contributed by atoms with E-state index >= 15 is 0 Å². The summed E-state index contributed by atoms with van der Waals surface area (Å²) in [5.41, 5.74) is 2.28. The van der Waals surface area contributed by atoms with Gasteiger partial charge in [-0.25, -0.2) is 4.79 Å². The van der Waals surface area contributed by atoms with Crippen molar-refractivity contribution in [3.63, 3.8) is 0 Å². The van der Waals surface area contributed by atoms with Crippen LogP contribution < -0.4 is 10.1 Å². The molecule has 2 aliphatic heterocycles. The Bertz CT molecular complexity index is 908. The number of benzene rings is 2. The molecule has 0 atom stereocenters. The topological polar surface area (TPSA) is 72.4 Å². The smallest absolute Gasteiger partial charge is 0.430 e. The van der Waals surface area contributed by atoms with Crippen LogP contribution >= 0.6 is 15.9 Å². The van der Waals surface area contributed by atoms with Crippen LogP contribution in [0.3, 0.4) is 0 Å². The molecule has 1 N–H and O–H groups in total. The third-order valence-corrected chi connectivity index (χ3v) is 5.71. The summed E-state index contributed by atoms with van der Waals surface area (Å²) in [6.45, 7) is 1.18. The van der Waals surface area contributed by atoms with Crippen LogP contribution in [0.1, 0.15) is 24.8 Å². The number of oxime groups is 1. The maximum Gasteiger partial charge on any atom is 0.430 e. The SMILES string of the molecule is COc1cccc(C2=NOC3(CCN(OC(=O)Nc4ccc(Br)cc4)CC3)C2)c1. The largest absolute Gasteiger partial charge is 0.497 e. The molecule has 0 saturated carbocycles. The lowest BCUT2D eigenvalue weighted by Crippen LogP contribution is -2.45. The van der Waals surface area contributed by atoms with Crippen LogP contribution in [0.25, 0.3) is 0 Å². The highest BCUT2D eigenvalue weighted by atomic mass is 79.9. The lowest BCUT2D eigenvalue weighted by atomic mass is 9.86. The average Bonchev–Trinajstić information content (AvgIpc) is 3.15. The zero-order chi connectivity index (χ0) is 20.3. The van der Waals surface area contributed by atoms with E-state index in [-0.39, 0.29) is 5.60 Å². The highest BCUT2D eigenvalue weighted by Gasteiger charge is 2.43. The molecule has 8 heteroatoms. The second-order valence-corrected chi connectivity index (χ2v) is 8.08. The van der Waals surface area contributed by atoms with Gasteiger partial charge in [0, 0.05) is 48.1 Å². The predicted molar refractivity (Wildman–Crippen MR) is 113 cm³/mol. The predicted octanol–water partition coefficient (Wildman–Crippen LogP) is 4.58. The first kappa shape index (κ1) is 19.7. The summed E-state index contributed by atoms with van der Waals surface area (Å²) in [6.07, 6.45) is 1.70. The van der Waals surface area contributed by atoms with Crippen molar-refractivity contribution in [2.24, 2.45) is 5.16 Å². The molecule has 152 valence electrons. The minimum Gasteiger partial charge on any atom is -0.497 e. The number of nitrogens with zero attached hydrogens (tertiary/aromatic N) is 2. The minimum absolute atomic E-state index is 0.333. The van der Waals surface area contributed by atoms with E-state index in [1.165, 1.54) is 0 Å². The van der Waals surface area contributed by atoms with E-state index in [4.69, 9.17) is 14.4 Å². The zero-order valence-electron chi connectivity index (χ0n) is 16.1. The first-order valence-electron chi connectivity index (χ1n) is 9.44. The first-order chi connectivity index (χ1) is 14.0. The van der Waals surface area contributed by atoms with Gasteiger partial charge in [-0.15, -0.1) is 5.06 Å². The van der Waals surface area contributed by atoms with Gasteiger partial charge in [0.1, 0.15) is 11.4 Å². The van der Waals surface area contributed by atoms with Crippen molar-refractivity contribution in [3.05, 3.63) is 58.6 Å². The zero-order valence-corrected chi connectivity index (χ0v) is 17.6. The van der Waals surface area contributed by atoms with Crippen molar-refractivity contribution < 1.29 is 19.2 Å². The number of hydroxylamine groups is 2. The molecule has 1 spiro atoms. The number of carbonyl (C=O) groups is 1. The Hall–Kier alpha value is -2.58. The molecule has 1 fully saturated rings. The average molecular weight is 460 g/mol. The molecule has 1 amide bonds. The molecule has 0 unspecified atom stereocenters. The van der Waals surface area contributed by atoms with Gasteiger partial charge < -0.3 is 14.4 Å². The van der Waals surface area contributed by atoms with Gasteiger partial charge in [0.25, 0.3) is 0 Å². The van der Waals surface area contributed by atoms with Crippen LogP contribution in [0.15, 0.2) is 58.2 Å². The Morgan fingerprint density at radius 2 is 1.97 bits per heavy atom. The Kier molecular flexibility index (Phi) is 5.73. The van der Waals surface area contributed by atoms with E-state index in [2.05, 4.69) is 26.4 Å². The Labute approximate surface area is 177 Å². The number of carbonyl (C=O) groups excluding carboxylic acids is 1. The minimum atomic E-state index is -0.496. The monoisotopic (exact) mass is 459 g/mol. The van der Waals surface area contributed by atoms with Crippen molar-refractivity contribution in [2.45, 2.75) is 24.9 Å². The lowest BCUT2D eigenvalue weighted by Gasteiger charge is -2.35. The number of amides is 1. The number of anilines is 1. The fraction of sp³-hybridized carbons (Fsp3) is 0.333. The molecule has 0 aliphatic carbocycles. The van der Waals surface area contributed by atoms with Gasteiger partial charge in [-0.3, -0.25) is 5.32 Å². The molecule has 2 heterocycles. The van der Waals surface area contributed by atoms with Crippen LogP contribution in [0, 0.1) is 0 Å². The van der Waals surface area contributed by atoms with Crippen molar-refractivity contribution in [2.75, 3.05) is 25.5 Å². The van der Waals surface area contributed by atoms with Gasteiger partial charge in [0.2, 0.25) is 0 Å². The Morgan fingerprint density at radius 1 is 1.21 bits per heavy atom. The molecule has 2 aromatic carbocycles. The highest BCUT2D eigenvalue weighted by Crippen LogP contribution is 2.36. The normalized spacial score (nSPS) is 18.1. The van der Waals surface area contributed by atoms with Crippen LogP contribution in [0.4, 0.5) is 10.5 Å². The summed E-state index contributed by atoms with van der Waals surface area (Å²) < 4.78 is 6.24. The number of piperidine rings is 1. The Balaban J connectivity index is 1.28. The van der Waals surface area contributed by atoms with Gasteiger partial charge in [-0.05, 0) is 36.4 Å². The fourth-order valence-corrected chi connectivity index (χ4v) is 3.79. The maximum atomic E-state index is 12.1. The number of ether oxygens (including phenoxy) is 1. The summed E-state index contributed by atoms with van der Waals surface area (Å²) in [4.78, 5) is 23.4. The summed E-state index contributed by atoms with van der Waals surface area (Å²) in [5, 5.41) is 8.73. The van der Waals surface area contributed by atoms with E-state index in [9.17, 15) is 4.79 Å². The third-order valence-electron chi connectivity index (χ3n) is 5.18. The number of methoxy groups -OCH3 is 1. The van der Waals surface area contributed by atoms with Crippen LogP contribution in [0.5, 0.6) is 5.75 Å². The summed E-state index contributed by atoms with van der Waals surface area (Å²) in [6, 6.07) is 15.2.